The second-order valence-electron chi connectivity index (χ2n) is 6.65. The SMILES string of the molecule is CCOC(=O)c1cc(NC(=O)c2ccc(OC)c([N+](=O)[O-])c2)ccc1N1CCOCC1. The summed E-state index contributed by atoms with van der Waals surface area (Å²) in [5.74, 6) is -0.999. The molecular weight excluding hydrogens is 406 g/mol. The molecule has 3 rings (SSSR count). The Kier molecular flexibility index (Phi) is 7.03. The van der Waals surface area contributed by atoms with Gasteiger partial charge in [0.15, 0.2) is 5.75 Å². The molecule has 0 bridgehead atoms. The van der Waals surface area contributed by atoms with Crippen molar-refractivity contribution in [2.45, 2.75) is 6.92 Å². The predicted molar refractivity (Wildman–Crippen MR) is 113 cm³/mol. The van der Waals surface area contributed by atoms with E-state index in [1.165, 1.54) is 19.2 Å². The molecule has 0 aliphatic carbocycles. The van der Waals surface area contributed by atoms with E-state index in [0.29, 0.717) is 43.2 Å². The predicted octanol–water partition coefficient (Wildman–Crippen LogP) is 2.87. The highest BCUT2D eigenvalue weighted by Gasteiger charge is 2.22. The van der Waals surface area contributed by atoms with Crippen LogP contribution in [0.2, 0.25) is 0 Å². The summed E-state index contributed by atoms with van der Waals surface area (Å²) < 4.78 is 15.5. The van der Waals surface area contributed by atoms with E-state index in [9.17, 15) is 19.7 Å². The molecule has 0 atom stereocenters. The fraction of sp³-hybridized carbons (Fsp3) is 0.333. The average Bonchev–Trinajstić information content (AvgIpc) is 2.79. The van der Waals surface area contributed by atoms with Gasteiger partial charge < -0.3 is 24.4 Å². The summed E-state index contributed by atoms with van der Waals surface area (Å²) in [4.78, 5) is 37.8. The number of morpholine rings is 1. The van der Waals surface area contributed by atoms with Gasteiger partial charge in [-0.3, -0.25) is 14.9 Å². The number of esters is 1. The Labute approximate surface area is 178 Å². The first-order valence-electron chi connectivity index (χ1n) is 9.72. The lowest BCUT2D eigenvalue weighted by Gasteiger charge is -2.30. The molecule has 0 radical (unpaired) electrons. The molecule has 2 aromatic rings. The quantitative estimate of drug-likeness (QED) is 0.405. The van der Waals surface area contributed by atoms with E-state index in [4.69, 9.17) is 14.2 Å². The van der Waals surface area contributed by atoms with Crippen molar-refractivity contribution in [3.63, 3.8) is 0 Å². The van der Waals surface area contributed by atoms with Gasteiger partial charge in [-0.05, 0) is 37.3 Å². The average molecular weight is 429 g/mol. The topological polar surface area (TPSA) is 120 Å². The number of amides is 1. The van der Waals surface area contributed by atoms with E-state index in [2.05, 4.69) is 5.32 Å². The molecule has 0 spiro atoms. The number of nitrogens with zero attached hydrogens (tertiary/aromatic N) is 2. The van der Waals surface area contributed by atoms with E-state index >= 15 is 0 Å². The number of hydrogen-bond donors (Lipinski definition) is 1. The summed E-state index contributed by atoms with van der Waals surface area (Å²) in [5, 5.41) is 13.9. The van der Waals surface area contributed by atoms with E-state index in [-0.39, 0.29) is 23.6 Å². The smallest absolute Gasteiger partial charge is 0.340 e. The highest BCUT2D eigenvalue weighted by Crippen LogP contribution is 2.29. The van der Waals surface area contributed by atoms with Crippen LogP contribution in [0.5, 0.6) is 5.75 Å². The molecule has 1 N–H and O–H groups in total. The largest absolute Gasteiger partial charge is 0.490 e. The molecule has 0 aromatic heterocycles. The lowest BCUT2D eigenvalue weighted by Crippen LogP contribution is -2.37. The molecule has 31 heavy (non-hydrogen) atoms. The number of methoxy groups -OCH3 is 1. The van der Waals surface area contributed by atoms with Gasteiger partial charge in [0.05, 0.1) is 43.1 Å². The van der Waals surface area contributed by atoms with Crippen LogP contribution in [0, 0.1) is 10.1 Å². The zero-order valence-corrected chi connectivity index (χ0v) is 17.3. The number of anilines is 2. The van der Waals surface area contributed by atoms with Gasteiger partial charge in [0.2, 0.25) is 0 Å². The van der Waals surface area contributed by atoms with E-state index in [1.54, 1.807) is 25.1 Å². The Morgan fingerprint density at radius 1 is 1.19 bits per heavy atom. The molecule has 1 aliphatic rings. The zero-order chi connectivity index (χ0) is 22.4. The van der Waals surface area contributed by atoms with Crippen molar-refractivity contribution >= 4 is 28.9 Å². The van der Waals surface area contributed by atoms with Gasteiger partial charge in [0, 0.05) is 30.4 Å². The van der Waals surface area contributed by atoms with Crippen LogP contribution in [-0.2, 0) is 9.47 Å². The highest BCUT2D eigenvalue weighted by molar-refractivity contribution is 6.06. The minimum atomic E-state index is -0.619. The fourth-order valence-corrected chi connectivity index (χ4v) is 3.24. The third-order valence-electron chi connectivity index (χ3n) is 4.74. The maximum Gasteiger partial charge on any atom is 0.340 e. The normalized spacial score (nSPS) is 13.4. The van der Waals surface area contributed by atoms with Crippen molar-refractivity contribution in [2.24, 2.45) is 0 Å². The fourth-order valence-electron chi connectivity index (χ4n) is 3.24. The Balaban J connectivity index is 1.88. The lowest BCUT2D eigenvalue weighted by molar-refractivity contribution is -0.385. The number of nitrogens with one attached hydrogen (secondary N) is 1. The molecule has 1 heterocycles. The Morgan fingerprint density at radius 2 is 1.94 bits per heavy atom. The molecule has 1 saturated heterocycles. The summed E-state index contributed by atoms with van der Waals surface area (Å²) in [6.45, 7) is 4.30. The maximum atomic E-state index is 12.7. The van der Waals surface area contributed by atoms with Gasteiger partial charge in [-0.15, -0.1) is 0 Å². The van der Waals surface area contributed by atoms with Crippen LogP contribution in [0.1, 0.15) is 27.6 Å². The van der Waals surface area contributed by atoms with E-state index < -0.39 is 16.8 Å². The number of nitro groups is 1. The van der Waals surface area contributed by atoms with Crippen LogP contribution in [0.4, 0.5) is 17.1 Å². The first kappa shape index (κ1) is 22.0. The number of carbonyl (C=O) groups excluding carboxylic acids is 2. The zero-order valence-electron chi connectivity index (χ0n) is 17.3. The minimum absolute atomic E-state index is 0.0565. The molecule has 1 aliphatic heterocycles. The monoisotopic (exact) mass is 429 g/mol. The summed E-state index contributed by atoms with van der Waals surface area (Å²) in [6, 6.07) is 8.88. The van der Waals surface area contributed by atoms with Crippen LogP contribution in [0.3, 0.4) is 0 Å². The summed E-state index contributed by atoms with van der Waals surface area (Å²) in [7, 11) is 1.31. The molecule has 10 heteroatoms. The van der Waals surface area contributed by atoms with Crippen molar-refractivity contribution in [2.75, 3.05) is 50.2 Å². The number of benzene rings is 2. The van der Waals surface area contributed by atoms with Crippen LogP contribution in [-0.4, -0.2) is 56.8 Å². The second-order valence-corrected chi connectivity index (χ2v) is 6.65. The Morgan fingerprint density at radius 3 is 2.58 bits per heavy atom. The van der Waals surface area contributed by atoms with Gasteiger partial charge in [-0.1, -0.05) is 0 Å². The van der Waals surface area contributed by atoms with Crippen LogP contribution in [0.25, 0.3) is 0 Å². The lowest BCUT2D eigenvalue weighted by atomic mass is 10.1. The highest BCUT2D eigenvalue weighted by atomic mass is 16.6. The summed E-state index contributed by atoms with van der Waals surface area (Å²) in [6.07, 6.45) is 0. The molecule has 1 amide bonds. The number of nitro benzene ring substituents is 1. The standard InChI is InChI=1S/C21H23N3O7/c1-3-31-21(26)16-13-15(5-6-17(16)23-8-10-30-11-9-23)22-20(25)14-4-7-19(29-2)18(12-14)24(27)28/h4-7,12-13H,3,8-11H2,1-2H3,(H,22,25). The maximum absolute atomic E-state index is 12.7. The molecule has 164 valence electrons. The van der Waals surface area contributed by atoms with Gasteiger partial charge in [0.25, 0.3) is 5.91 Å². The van der Waals surface area contributed by atoms with Crippen molar-refractivity contribution in [3.05, 3.63) is 57.6 Å². The van der Waals surface area contributed by atoms with Gasteiger partial charge >= 0.3 is 11.7 Å². The first-order valence-corrected chi connectivity index (χ1v) is 9.72. The molecule has 2 aromatic carbocycles. The number of rotatable bonds is 7. The van der Waals surface area contributed by atoms with Crippen LogP contribution in [0.15, 0.2) is 36.4 Å². The third kappa shape index (κ3) is 5.10. The Bertz CT molecular complexity index is 987. The summed E-state index contributed by atoms with van der Waals surface area (Å²) in [5.41, 5.74) is 1.15. The number of hydrogen-bond acceptors (Lipinski definition) is 8. The van der Waals surface area contributed by atoms with E-state index in [1.807, 2.05) is 4.90 Å². The van der Waals surface area contributed by atoms with Gasteiger partial charge in [-0.2, -0.15) is 0 Å². The van der Waals surface area contributed by atoms with Crippen LogP contribution < -0.4 is 15.0 Å². The van der Waals surface area contributed by atoms with Crippen LogP contribution >= 0.6 is 0 Å². The first-order chi connectivity index (χ1) is 14.9. The van der Waals surface area contributed by atoms with Crippen molar-refractivity contribution in [3.8, 4) is 5.75 Å². The number of carbonyl (C=O) groups is 2. The molecule has 0 saturated carbocycles. The second kappa shape index (κ2) is 9.90. The minimum Gasteiger partial charge on any atom is -0.490 e. The third-order valence-corrected chi connectivity index (χ3v) is 4.74. The van der Waals surface area contributed by atoms with Crippen molar-refractivity contribution in [1.29, 1.82) is 0 Å². The van der Waals surface area contributed by atoms with Crippen molar-refractivity contribution in [1.82, 2.24) is 0 Å². The Hall–Kier alpha value is -3.66. The molecule has 0 unspecified atom stereocenters. The summed E-state index contributed by atoms with van der Waals surface area (Å²) >= 11 is 0. The van der Waals surface area contributed by atoms with Gasteiger partial charge in [0.1, 0.15) is 0 Å². The molecular formula is C21H23N3O7. The molecule has 1 fully saturated rings. The molecule has 10 nitrogen and oxygen atoms in total. The van der Waals surface area contributed by atoms with Gasteiger partial charge in [-0.25, -0.2) is 4.79 Å². The number of ether oxygens (including phenoxy) is 3. The van der Waals surface area contributed by atoms with Crippen molar-refractivity contribution < 1.29 is 28.7 Å². The van der Waals surface area contributed by atoms with E-state index in [0.717, 1.165) is 6.07 Å².